The number of fused-ring (bicyclic) bond motifs is 3. The Morgan fingerprint density at radius 2 is 2.19 bits per heavy atom. The molecule has 3 saturated carbocycles. The molecule has 0 saturated heterocycles. The molecule has 7 heteroatoms. The maximum Gasteiger partial charge on any atom is 0.255 e. The number of aromatic nitrogens is 1. The first-order valence-electron chi connectivity index (χ1n) is 9.39. The Morgan fingerprint density at radius 3 is 2.96 bits per heavy atom. The number of nitrogens with one attached hydrogen (secondary N) is 3. The summed E-state index contributed by atoms with van der Waals surface area (Å²) in [6, 6.07) is 7.64. The van der Waals surface area contributed by atoms with Crippen LogP contribution in [0.2, 0.25) is 0 Å². The molecule has 27 heavy (non-hydrogen) atoms. The minimum Gasteiger partial charge on any atom is -0.362 e. The predicted molar refractivity (Wildman–Crippen MR) is 105 cm³/mol. The Balaban J connectivity index is 1.43. The second-order valence-corrected chi connectivity index (χ2v) is 9.17. The average molecular weight is 382 g/mol. The lowest BCUT2D eigenvalue weighted by atomic mass is 9.51. The van der Waals surface area contributed by atoms with Crippen molar-refractivity contribution in [3.05, 3.63) is 41.4 Å². The highest BCUT2D eigenvalue weighted by molar-refractivity contribution is 7.13. The number of thiazole rings is 1. The number of amides is 2. The van der Waals surface area contributed by atoms with Crippen LogP contribution in [-0.2, 0) is 4.79 Å². The van der Waals surface area contributed by atoms with E-state index in [9.17, 15) is 9.59 Å². The summed E-state index contributed by atoms with van der Waals surface area (Å²) < 4.78 is 0. The van der Waals surface area contributed by atoms with Crippen molar-refractivity contribution in [3.8, 4) is 0 Å². The first-order valence-corrected chi connectivity index (χ1v) is 10.3. The molecule has 140 valence electrons. The Kier molecular flexibility index (Phi) is 3.59. The molecule has 4 aliphatic rings. The number of anilines is 2. The zero-order valence-corrected chi connectivity index (χ0v) is 15.9. The molecule has 6 nitrogen and oxygen atoms in total. The van der Waals surface area contributed by atoms with Gasteiger partial charge in [0.1, 0.15) is 5.66 Å². The van der Waals surface area contributed by atoms with Crippen LogP contribution in [0.25, 0.3) is 0 Å². The third-order valence-corrected chi connectivity index (χ3v) is 7.34. The third kappa shape index (κ3) is 2.56. The summed E-state index contributed by atoms with van der Waals surface area (Å²) in [6.07, 6.45) is 5.22. The fourth-order valence-electron chi connectivity index (χ4n) is 5.33. The van der Waals surface area contributed by atoms with Crippen LogP contribution in [0, 0.1) is 17.3 Å². The summed E-state index contributed by atoms with van der Waals surface area (Å²) in [7, 11) is 0. The van der Waals surface area contributed by atoms with Crippen molar-refractivity contribution >= 4 is 34.0 Å². The first-order chi connectivity index (χ1) is 13.0. The van der Waals surface area contributed by atoms with Crippen LogP contribution in [0.3, 0.4) is 0 Å². The standard InChI is InChI=1S/C20H22N4O2S/c1-19-7-6-12(10-14(19)17(26)22-18-21-8-9-27-18)20(11-19)23-15-5-3-2-4-13(15)16(25)24-20/h2-5,8-9,12,14,23H,6-7,10-11H2,1H3,(H,24,25)(H,21,22,26)/t12-,14+,19+,20-/m0/s1. The molecule has 3 N–H and O–H groups in total. The molecule has 0 unspecified atom stereocenters. The zero-order valence-electron chi connectivity index (χ0n) is 15.1. The molecule has 2 aromatic rings. The fraction of sp³-hybridized carbons (Fsp3) is 0.450. The van der Waals surface area contributed by atoms with Gasteiger partial charge in [0, 0.05) is 29.1 Å². The lowest BCUT2D eigenvalue weighted by molar-refractivity contribution is -0.134. The molecule has 6 rings (SSSR count). The molecular weight excluding hydrogens is 360 g/mol. The topological polar surface area (TPSA) is 83.1 Å². The van der Waals surface area contributed by atoms with Crippen molar-refractivity contribution in [2.45, 2.75) is 38.3 Å². The zero-order chi connectivity index (χ0) is 18.6. The van der Waals surface area contributed by atoms with E-state index in [0.717, 1.165) is 31.4 Å². The smallest absolute Gasteiger partial charge is 0.255 e. The minimum absolute atomic E-state index is 0.0238. The largest absolute Gasteiger partial charge is 0.362 e. The third-order valence-electron chi connectivity index (χ3n) is 6.65. The van der Waals surface area contributed by atoms with E-state index in [1.54, 1.807) is 6.20 Å². The number of carbonyl (C=O) groups excluding carboxylic acids is 2. The van der Waals surface area contributed by atoms with E-state index in [1.165, 1.54) is 11.3 Å². The number of nitrogens with zero attached hydrogens (tertiary/aromatic N) is 1. The Morgan fingerprint density at radius 1 is 1.33 bits per heavy atom. The maximum absolute atomic E-state index is 12.9. The van der Waals surface area contributed by atoms with E-state index in [4.69, 9.17) is 0 Å². The Bertz CT molecular complexity index is 914. The summed E-state index contributed by atoms with van der Waals surface area (Å²) in [5.41, 5.74) is 0.952. The minimum atomic E-state index is -0.462. The van der Waals surface area contributed by atoms with E-state index in [2.05, 4.69) is 27.9 Å². The van der Waals surface area contributed by atoms with Crippen LogP contribution in [0.15, 0.2) is 35.8 Å². The van der Waals surface area contributed by atoms with Crippen molar-refractivity contribution in [1.29, 1.82) is 0 Å². The summed E-state index contributed by atoms with van der Waals surface area (Å²) in [4.78, 5) is 29.8. The summed E-state index contributed by atoms with van der Waals surface area (Å²) in [5.74, 6) is 0.184. The van der Waals surface area contributed by atoms with Crippen LogP contribution in [0.1, 0.15) is 43.0 Å². The molecule has 2 amide bonds. The molecule has 4 atom stereocenters. The number of hydrogen-bond donors (Lipinski definition) is 3. The first kappa shape index (κ1) is 16.7. The molecule has 1 spiro atoms. The number of hydrogen-bond acceptors (Lipinski definition) is 5. The van der Waals surface area contributed by atoms with Crippen molar-refractivity contribution in [1.82, 2.24) is 10.3 Å². The molecule has 2 bridgehead atoms. The summed E-state index contributed by atoms with van der Waals surface area (Å²) in [6.45, 7) is 2.19. The molecule has 3 aliphatic carbocycles. The van der Waals surface area contributed by atoms with Gasteiger partial charge in [-0.1, -0.05) is 19.1 Å². The number of carbonyl (C=O) groups is 2. The van der Waals surface area contributed by atoms with Gasteiger partial charge in [-0.05, 0) is 43.2 Å². The van der Waals surface area contributed by atoms with Gasteiger partial charge in [0.05, 0.1) is 5.56 Å². The molecular formula is C20H22N4O2S. The monoisotopic (exact) mass is 382 g/mol. The van der Waals surface area contributed by atoms with Crippen molar-refractivity contribution in [3.63, 3.8) is 0 Å². The van der Waals surface area contributed by atoms with Gasteiger partial charge in [0.25, 0.3) is 5.91 Å². The van der Waals surface area contributed by atoms with E-state index in [1.807, 2.05) is 29.6 Å². The van der Waals surface area contributed by atoms with Crippen molar-refractivity contribution in [2.24, 2.45) is 17.3 Å². The van der Waals surface area contributed by atoms with Gasteiger partial charge in [-0.15, -0.1) is 11.3 Å². The van der Waals surface area contributed by atoms with Gasteiger partial charge in [0.2, 0.25) is 5.91 Å². The summed E-state index contributed by atoms with van der Waals surface area (Å²) >= 11 is 1.44. The summed E-state index contributed by atoms with van der Waals surface area (Å²) in [5, 5.41) is 12.4. The molecule has 0 radical (unpaired) electrons. The molecule has 1 aromatic carbocycles. The van der Waals surface area contributed by atoms with Crippen LogP contribution in [0.4, 0.5) is 10.8 Å². The lowest BCUT2D eigenvalue weighted by Crippen LogP contribution is -2.70. The highest BCUT2D eigenvalue weighted by Gasteiger charge is 2.60. The highest BCUT2D eigenvalue weighted by atomic mass is 32.1. The van der Waals surface area contributed by atoms with Crippen molar-refractivity contribution in [2.75, 3.05) is 10.6 Å². The number of rotatable bonds is 2. The van der Waals surface area contributed by atoms with Crippen LogP contribution in [0.5, 0.6) is 0 Å². The van der Waals surface area contributed by atoms with Gasteiger partial charge >= 0.3 is 0 Å². The second-order valence-electron chi connectivity index (χ2n) is 8.28. The van der Waals surface area contributed by atoms with E-state index in [-0.39, 0.29) is 29.1 Å². The quantitative estimate of drug-likeness (QED) is 0.743. The second kappa shape index (κ2) is 5.79. The van der Waals surface area contributed by atoms with Crippen molar-refractivity contribution < 1.29 is 9.59 Å². The van der Waals surface area contributed by atoms with E-state index < -0.39 is 5.66 Å². The average Bonchev–Trinajstić information content (AvgIpc) is 3.14. The number of benzene rings is 1. The molecule has 3 fully saturated rings. The molecule has 1 aliphatic heterocycles. The van der Waals surface area contributed by atoms with Crippen LogP contribution >= 0.6 is 11.3 Å². The van der Waals surface area contributed by atoms with Gasteiger partial charge < -0.3 is 16.0 Å². The molecule has 2 heterocycles. The van der Waals surface area contributed by atoms with E-state index in [0.29, 0.717) is 10.7 Å². The highest BCUT2D eigenvalue weighted by Crippen LogP contribution is 2.58. The van der Waals surface area contributed by atoms with Gasteiger partial charge in [-0.3, -0.25) is 9.59 Å². The Labute approximate surface area is 161 Å². The normalized spacial score (nSPS) is 33.9. The SMILES string of the molecule is C[C@]12CC[C@@H](C[C@@H]1C(=O)Nc1nccs1)[C@]1(C2)NC(=O)c2ccccc2N1. The van der Waals surface area contributed by atoms with E-state index >= 15 is 0 Å². The lowest BCUT2D eigenvalue weighted by Gasteiger charge is -2.60. The van der Waals surface area contributed by atoms with Crippen LogP contribution < -0.4 is 16.0 Å². The fourth-order valence-corrected chi connectivity index (χ4v) is 5.86. The predicted octanol–water partition coefficient (Wildman–Crippen LogP) is 3.46. The maximum atomic E-state index is 12.9. The van der Waals surface area contributed by atoms with Gasteiger partial charge in [-0.2, -0.15) is 0 Å². The number of para-hydroxylation sites is 1. The van der Waals surface area contributed by atoms with Gasteiger partial charge in [-0.25, -0.2) is 4.98 Å². The van der Waals surface area contributed by atoms with Gasteiger partial charge in [0.15, 0.2) is 5.13 Å². The Hall–Kier alpha value is -2.41. The van der Waals surface area contributed by atoms with Crippen LogP contribution in [-0.4, -0.2) is 22.5 Å². The molecule has 1 aromatic heterocycles.